The van der Waals surface area contributed by atoms with Gasteiger partial charge in [-0.25, -0.2) is 8.42 Å². The van der Waals surface area contributed by atoms with E-state index in [-0.39, 0.29) is 5.91 Å². The molecule has 2 saturated heterocycles. The summed E-state index contributed by atoms with van der Waals surface area (Å²) in [6.07, 6.45) is 4.10. The van der Waals surface area contributed by atoms with Crippen molar-refractivity contribution in [2.75, 3.05) is 46.3 Å². The van der Waals surface area contributed by atoms with Crippen LogP contribution in [-0.2, 0) is 21.2 Å². The Morgan fingerprint density at radius 3 is 2.15 bits per heavy atom. The molecule has 1 aromatic rings. The highest BCUT2D eigenvalue weighted by Gasteiger charge is 2.25. The number of benzene rings is 1. The van der Waals surface area contributed by atoms with Crippen molar-refractivity contribution in [1.82, 2.24) is 14.1 Å². The van der Waals surface area contributed by atoms with Crippen LogP contribution in [0.1, 0.15) is 31.2 Å². The predicted octanol–water partition coefficient (Wildman–Crippen LogP) is 1.57. The molecule has 0 unspecified atom stereocenters. The number of piperidine rings is 1. The maximum Gasteiger partial charge on any atom is 0.243 e. The van der Waals surface area contributed by atoms with Gasteiger partial charge in [0.2, 0.25) is 15.9 Å². The molecule has 1 aromatic carbocycles. The summed E-state index contributed by atoms with van der Waals surface area (Å²) in [6.45, 7) is 4.67. The van der Waals surface area contributed by atoms with Crippen molar-refractivity contribution >= 4 is 15.9 Å². The molecule has 1 amide bonds. The fraction of sp³-hybridized carbons (Fsp3) is 0.632. The van der Waals surface area contributed by atoms with Crippen LogP contribution in [0.4, 0.5) is 0 Å². The molecule has 0 bridgehead atoms. The predicted molar refractivity (Wildman–Crippen MR) is 101 cm³/mol. The largest absolute Gasteiger partial charge is 0.340 e. The van der Waals surface area contributed by atoms with Crippen molar-refractivity contribution in [2.24, 2.45) is 0 Å². The first-order valence-corrected chi connectivity index (χ1v) is 11.0. The summed E-state index contributed by atoms with van der Waals surface area (Å²) < 4.78 is 26.9. The lowest BCUT2D eigenvalue weighted by Gasteiger charge is -2.32. The van der Waals surface area contributed by atoms with Crippen LogP contribution >= 0.6 is 0 Å². The van der Waals surface area contributed by atoms with Gasteiger partial charge >= 0.3 is 0 Å². The normalized spacial score (nSPS) is 20.3. The first-order chi connectivity index (χ1) is 12.5. The Hall–Kier alpha value is -1.44. The number of nitrogens with zero attached hydrogens (tertiary/aromatic N) is 3. The highest BCUT2D eigenvalue weighted by atomic mass is 32.2. The van der Waals surface area contributed by atoms with Gasteiger partial charge in [-0.05, 0) is 44.0 Å². The molecule has 0 N–H and O–H groups in total. The average molecular weight is 380 g/mol. The molecule has 0 aliphatic carbocycles. The standard InChI is InChI=1S/C19H29N3O3S/c1-20-13-15-21(16-14-20)19(23)10-7-17-5-8-18(9-6-17)26(24,25)22-11-3-2-4-12-22/h5-6,8-9H,2-4,7,10-16H2,1H3. The van der Waals surface area contributed by atoms with Crippen molar-refractivity contribution in [3.8, 4) is 0 Å². The summed E-state index contributed by atoms with van der Waals surface area (Å²) in [5.74, 6) is 0.183. The van der Waals surface area contributed by atoms with E-state index in [4.69, 9.17) is 0 Å². The lowest BCUT2D eigenvalue weighted by atomic mass is 10.1. The minimum absolute atomic E-state index is 0.183. The number of sulfonamides is 1. The van der Waals surface area contributed by atoms with Crippen LogP contribution in [-0.4, -0.2) is 74.7 Å². The number of likely N-dealkylation sites (N-methyl/N-ethyl adjacent to an activating group) is 1. The SMILES string of the molecule is CN1CCN(C(=O)CCc2ccc(S(=O)(=O)N3CCCCC3)cc2)CC1. The second-order valence-corrected chi connectivity index (χ2v) is 9.23. The van der Waals surface area contributed by atoms with Crippen LogP contribution in [0.2, 0.25) is 0 Å². The monoisotopic (exact) mass is 379 g/mol. The molecule has 0 saturated carbocycles. The Kier molecular flexibility index (Phi) is 6.32. The van der Waals surface area contributed by atoms with Gasteiger partial charge in [0, 0.05) is 45.7 Å². The van der Waals surface area contributed by atoms with Crippen LogP contribution in [0.3, 0.4) is 0 Å². The molecule has 0 spiro atoms. The second-order valence-electron chi connectivity index (χ2n) is 7.29. The number of hydrogen-bond donors (Lipinski definition) is 0. The van der Waals surface area contributed by atoms with E-state index in [1.165, 1.54) is 0 Å². The summed E-state index contributed by atoms with van der Waals surface area (Å²) in [7, 11) is -1.31. The third kappa shape index (κ3) is 4.64. The first-order valence-electron chi connectivity index (χ1n) is 9.52. The summed E-state index contributed by atoms with van der Waals surface area (Å²) >= 11 is 0. The molecule has 2 fully saturated rings. The van der Waals surface area contributed by atoms with E-state index in [0.29, 0.717) is 30.8 Å². The van der Waals surface area contributed by atoms with E-state index in [2.05, 4.69) is 11.9 Å². The van der Waals surface area contributed by atoms with E-state index in [0.717, 1.165) is 51.0 Å². The molecule has 3 rings (SSSR count). The molecule has 0 atom stereocenters. The van der Waals surface area contributed by atoms with Crippen molar-refractivity contribution in [2.45, 2.75) is 37.0 Å². The quantitative estimate of drug-likeness (QED) is 0.779. The molecule has 2 heterocycles. The molecule has 2 aliphatic rings. The smallest absolute Gasteiger partial charge is 0.243 e. The fourth-order valence-corrected chi connectivity index (χ4v) is 5.06. The lowest BCUT2D eigenvalue weighted by molar-refractivity contribution is -0.132. The molecule has 2 aliphatic heterocycles. The van der Waals surface area contributed by atoms with Gasteiger partial charge in [-0.2, -0.15) is 4.31 Å². The molecule has 0 radical (unpaired) electrons. The molecular weight excluding hydrogens is 350 g/mol. The maximum atomic E-state index is 12.7. The first kappa shape index (κ1) is 19.3. The second kappa shape index (κ2) is 8.50. The van der Waals surface area contributed by atoms with Gasteiger partial charge in [0.1, 0.15) is 0 Å². The molecule has 144 valence electrons. The topological polar surface area (TPSA) is 60.9 Å². The number of carbonyl (C=O) groups is 1. The highest BCUT2D eigenvalue weighted by molar-refractivity contribution is 7.89. The highest BCUT2D eigenvalue weighted by Crippen LogP contribution is 2.21. The van der Waals surface area contributed by atoms with Crippen molar-refractivity contribution in [3.63, 3.8) is 0 Å². The molecule has 0 aromatic heterocycles. The minimum Gasteiger partial charge on any atom is -0.340 e. The van der Waals surface area contributed by atoms with Crippen LogP contribution in [0, 0.1) is 0 Å². The molecule has 7 heteroatoms. The number of hydrogen-bond acceptors (Lipinski definition) is 4. The van der Waals surface area contributed by atoms with Crippen LogP contribution < -0.4 is 0 Å². The fourth-order valence-electron chi connectivity index (χ4n) is 3.55. The van der Waals surface area contributed by atoms with E-state index < -0.39 is 10.0 Å². The number of rotatable bonds is 5. The van der Waals surface area contributed by atoms with E-state index in [1.807, 2.05) is 17.0 Å². The van der Waals surface area contributed by atoms with Crippen molar-refractivity contribution in [1.29, 1.82) is 0 Å². The van der Waals surface area contributed by atoms with Gasteiger partial charge in [-0.1, -0.05) is 18.6 Å². The Morgan fingerprint density at radius 1 is 0.923 bits per heavy atom. The third-order valence-electron chi connectivity index (χ3n) is 5.36. The third-order valence-corrected chi connectivity index (χ3v) is 7.27. The van der Waals surface area contributed by atoms with Gasteiger partial charge in [-0.3, -0.25) is 4.79 Å². The molecular formula is C19H29N3O3S. The average Bonchev–Trinajstić information content (AvgIpc) is 2.67. The lowest BCUT2D eigenvalue weighted by Crippen LogP contribution is -2.47. The van der Waals surface area contributed by atoms with Gasteiger partial charge in [0.15, 0.2) is 0 Å². The number of carbonyl (C=O) groups excluding carboxylic acids is 1. The van der Waals surface area contributed by atoms with Gasteiger partial charge in [-0.15, -0.1) is 0 Å². The summed E-state index contributed by atoms with van der Waals surface area (Å²) in [5, 5.41) is 0. The summed E-state index contributed by atoms with van der Waals surface area (Å²) in [5.41, 5.74) is 1.00. The van der Waals surface area contributed by atoms with Crippen molar-refractivity contribution in [3.05, 3.63) is 29.8 Å². The van der Waals surface area contributed by atoms with Gasteiger partial charge in [0.05, 0.1) is 4.90 Å². The minimum atomic E-state index is -3.38. The van der Waals surface area contributed by atoms with E-state index in [9.17, 15) is 13.2 Å². The van der Waals surface area contributed by atoms with E-state index >= 15 is 0 Å². The Balaban J connectivity index is 1.55. The zero-order valence-corrected chi connectivity index (χ0v) is 16.4. The van der Waals surface area contributed by atoms with E-state index in [1.54, 1.807) is 16.4 Å². The zero-order chi connectivity index (χ0) is 18.6. The number of aryl methyl sites for hydroxylation is 1. The Bertz CT molecular complexity index is 704. The van der Waals surface area contributed by atoms with Crippen LogP contribution in [0.5, 0.6) is 0 Å². The molecule has 6 nitrogen and oxygen atoms in total. The van der Waals surface area contributed by atoms with Crippen LogP contribution in [0.25, 0.3) is 0 Å². The summed E-state index contributed by atoms with van der Waals surface area (Å²) in [6, 6.07) is 7.04. The van der Waals surface area contributed by atoms with Gasteiger partial charge < -0.3 is 9.80 Å². The summed E-state index contributed by atoms with van der Waals surface area (Å²) in [4.78, 5) is 16.8. The maximum absolute atomic E-state index is 12.7. The Labute approximate surface area is 156 Å². The number of amides is 1. The number of piperazine rings is 1. The zero-order valence-electron chi connectivity index (χ0n) is 15.6. The van der Waals surface area contributed by atoms with Crippen molar-refractivity contribution < 1.29 is 13.2 Å². The van der Waals surface area contributed by atoms with Crippen LogP contribution in [0.15, 0.2) is 29.2 Å². The Morgan fingerprint density at radius 2 is 1.54 bits per heavy atom. The molecule has 26 heavy (non-hydrogen) atoms. The van der Waals surface area contributed by atoms with Gasteiger partial charge in [0.25, 0.3) is 0 Å².